The number of phenols is 1. The van der Waals surface area contributed by atoms with E-state index in [1.54, 1.807) is 6.07 Å². The zero-order valence-corrected chi connectivity index (χ0v) is 9.59. The SMILES string of the molecule is Cc1ccc(F)c(O)c1CC1CCNCC1. The molecule has 0 radical (unpaired) electrons. The molecule has 0 unspecified atom stereocenters. The van der Waals surface area contributed by atoms with Crippen molar-refractivity contribution in [2.24, 2.45) is 5.92 Å². The Bertz CT molecular complexity index is 372. The number of aryl methyl sites for hydroxylation is 1. The highest BCUT2D eigenvalue weighted by molar-refractivity contribution is 5.40. The molecule has 2 rings (SSSR count). The zero-order chi connectivity index (χ0) is 11.5. The summed E-state index contributed by atoms with van der Waals surface area (Å²) in [5.41, 5.74) is 1.77. The summed E-state index contributed by atoms with van der Waals surface area (Å²) < 4.78 is 13.3. The second-order valence-corrected chi connectivity index (χ2v) is 4.59. The fourth-order valence-corrected chi connectivity index (χ4v) is 2.34. The molecule has 0 spiro atoms. The van der Waals surface area contributed by atoms with E-state index in [9.17, 15) is 9.50 Å². The maximum Gasteiger partial charge on any atom is 0.165 e. The molecule has 1 aromatic carbocycles. The molecule has 0 bridgehead atoms. The summed E-state index contributed by atoms with van der Waals surface area (Å²) >= 11 is 0. The lowest BCUT2D eigenvalue weighted by Crippen LogP contribution is -2.28. The molecule has 0 aliphatic carbocycles. The van der Waals surface area contributed by atoms with Crippen LogP contribution in [0.3, 0.4) is 0 Å². The van der Waals surface area contributed by atoms with Crippen LogP contribution in [0.4, 0.5) is 4.39 Å². The molecule has 1 aliphatic rings. The maximum atomic E-state index is 13.3. The standard InChI is InChI=1S/C13H18FNO/c1-9-2-3-12(14)13(16)11(9)8-10-4-6-15-7-5-10/h2-3,10,15-16H,4-8H2,1H3. The van der Waals surface area contributed by atoms with Crippen molar-refractivity contribution < 1.29 is 9.50 Å². The van der Waals surface area contributed by atoms with Gasteiger partial charge in [0.1, 0.15) is 0 Å². The Morgan fingerprint density at radius 2 is 2.06 bits per heavy atom. The van der Waals surface area contributed by atoms with Crippen molar-refractivity contribution in [3.05, 3.63) is 29.1 Å². The van der Waals surface area contributed by atoms with E-state index in [4.69, 9.17) is 0 Å². The van der Waals surface area contributed by atoms with Crippen LogP contribution in [0.15, 0.2) is 12.1 Å². The van der Waals surface area contributed by atoms with E-state index in [2.05, 4.69) is 5.32 Å². The minimum absolute atomic E-state index is 0.154. The molecular formula is C13H18FNO. The first-order valence-corrected chi connectivity index (χ1v) is 5.86. The fraction of sp³-hybridized carbons (Fsp3) is 0.538. The van der Waals surface area contributed by atoms with Crippen LogP contribution >= 0.6 is 0 Å². The zero-order valence-electron chi connectivity index (χ0n) is 9.59. The third kappa shape index (κ3) is 2.35. The molecule has 88 valence electrons. The number of halogens is 1. The molecule has 0 aromatic heterocycles. The number of piperidine rings is 1. The average molecular weight is 223 g/mol. The molecule has 1 heterocycles. The third-order valence-corrected chi connectivity index (χ3v) is 3.42. The van der Waals surface area contributed by atoms with Crippen molar-refractivity contribution in [3.63, 3.8) is 0 Å². The first-order valence-electron chi connectivity index (χ1n) is 5.86. The predicted molar refractivity (Wildman–Crippen MR) is 62.1 cm³/mol. The van der Waals surface area contributed by atoms with Crippen LogP contribution in [-0.2, 0) is 6.42 Å². The number of phenolic OH excluding ortho intramolecular Hbond substituents is 1. The minimum Gasteiger partial charge on any atom is -0.505 e. The summed E-state index contributed by atoms with van der Waals surface area (Å²) in [5.74, 6) is -0.0966. The van der Waals surface area contributed by atoms with Crippen molar-refractivity contribution in [2.45, 2.75) is 26.2 Å². The van der Waals surface area contributed by atoms with Gasteiger partial charge in [-0.05, 0) is 56.8 Å². The minimum atomic E-state index is -0.505. The molecule has 3 heteroatoms. The van der Waals surface area contributed by atoms with Crippen LogP contribution in [0.2, 0.25) is 0 Å². The van der Waals surface area contributed by atoms with Crippen LogP contribution < -0.4 is 5.32 Å². The highest BCUT2D eigenvalue weighted by atomic mass is 19.1. The van der Waals surface area contributed by atoms with Gasteiger partial charge in [0.25, 0.3) is 0 Å². The molecule has 0 saturated carbocycles. The first-order chi connectivity index (χ1) is 7.68. The smallest absolute Gasteiger partial charge is 0.165 e. The van der Waals surface area contributed by atoms with E-state index in [0.29, 0.717) is 5.92 Å². The van der Waals surface area contributed by atoms with Gasteiger partial charge in [0.15, 0.2) is 11.6 Å². The van der Waals surface area contributed by atoms with Crippen LogP contribution in [0.25, 0.3) is 0 Å². The Morgan fingerprint density at radius 1 is 1.38 bits per heavy atom. The first kappa shape index (κ1) is 11.4. The molecule has 16 heavy (non-hydrogen) atoms. The van der Waals surface area contributed by atoms with Crippen LogP contribution in [0.5, 0.6) is 5.75 Å². The van der Waals surface area contributed by atoms with Gasteiger partial charge in [-0.3, -0.25) is 0 Å². The summed E-state index contributed by atoms with van der Waals surface area (Å²) in [6, 6.07) is 3.07. The summed E-state index contributed by atoms with van der Waals surface area (Å²) in [5, 5.41) is 13.0. The number of benzene rings is 1. The van der Waals surface area contributed by atoms with Gasteiger partial charge < -0.3 is 10.4 Å². The van der Waals surface area contributed by atoms with Gasteiger partial charge in [0.05, 0.1) is 0 Å². The number of rotatable bonds is 2. The Balaban J connectivity index is 2.16. The molecule has 2 N–H and O–H groups in total. The fourth-order valence-electron chi connectivity index (χ4n) is 2.34. The van der Waals surface area contributed by atoms with Crippen molar-refractivity contribution in [1.29, 1.82) is 0 Å². The van der Waals surface area contributed by atoms with Crippen molar-refractivity contribution in [3.8, 4) is 5.75 Å². The van der Waals surface area contributed by atoms with Gasteiger partial charge in [-0.15, -0.1) is 0 Å². The largest absolute Gasteiger partial charge is 0.505 e. The molecular weight excluding hydrogens is 205 g/mol. The second kappa shape index (κ2) is 4.83. The molecule has 0 amide bonds. The van der Waals surface area contributed by atoms with Gasteiger partial charge in [0, 0.05) is 5.56 Å². The van der Waals surface area contributed by atoms with E-state index in [1.807, 2.05) is 6.92 Å². The molecule has 1 aliphatic heterocycles. The third-order valence-electron chi connectivity index (χ3n) is 3.42. The van der Waals surface area contributed by atoms with Gasteiger partial charge in [-0.2, -0.15) is 0 Å². The van der Waals surface area contributed by atoms with E-state index in [0.717, 1.165) is 43.5 Å². The Hall–Kier alpha value is -1.09. The normalized spacial score (nSPS) is 17.6. The van der Waals surface area contributed by atoms with Gasteiger partial charge >= 0.3 is 0 Å². The van der Waals surface area contributed by atoms with Gasteiger partial charge in [-0.1, -0.05) is 6.07 Å². The van der Waals surface area contributed by atoms with Gasteiger partial charge in [0.2, 0.25) is 0 Å². The Labute approximate surface area is 95.5 Å². The highest BCUT2D eigenvalue weighted by Gasteiger charge is 2.18. The lowest BCUT2D eigenvalue weighted by Gasteiger charge is -2.23. The van der Waals surface area contributed by atoms with E-state index < -0.39 is 5.82 Å². The van der Waals surface area contributed by atoms with E-state index in [-0.39, 0.29) is 5.75 Å². The number of hydrogen-bond acceptors (Lipinski definition) is 2. The van der Waals surface area contributed by atoms with E-state index in [1.165, 1.54) is 6.07 Å². The van der Waals surface area contributed by atoms with Crippen LogP contribution in [0.1, 0.15) is 24.0 Å². The summed E-state index contributed by atoms with van der Waals surface area (Å²) in [6.45, 7) is 3.98. The lowest BCUT2D eigenvalue weighted by atomic mass is 9.89. The molecule has 1 aromatic rings. The van der Waals surface area contributed by atoms with Crippen molar-refractivity contribution in [1.82, 2.24) is 5.32 Å². The molecule has 1 fully saturated rings. The average Bonchev–Trinajstić information content (AvgIpc) is 2.31. The Kier molecular flexibility index (Phi) is 3.44. The van der Waals surface area contributed by atoms with Gasteiger partial charge in [-0.25, -0.2) is 4.39 Å². The molecule has 1 saturated heterocycles. The second-order valence-electron chi connectivity index (χ2n) is 4.59. The number of nitrogens with one attached hydrogen (secondary N) is 1. The maximum absolute atomic E-state index is 13.3. The number of aromatic hydroxyl groups is 1. The van der Waals surface area contributed by atoms with Crippen LogP contribution in [-0.4, -0.2) is 18.2 Å². The topological polar surface area (TPSA) is 32.3 Å². The predicted octanol–water partition coefficient (Wildman–Crippen LogP) is 2.38. The lowest BCUT2D eigenvalue weighted by molar-refractivity contribution is 0.361. The summed E-state index contributed by atoms with van der Waals surface area (Å²) in [7, 11) is 0. The molecule has 0 atom stereocenters. The highest BCUT2D eigenvalue weighted by Crippen LogP contribution is 2.29. The quantitative estimate of drug-likeness (QED) is 0.806. The van der Waals surface area contributed by atoms with Crippen molar-refractivity contribution in [2.75, 3.05) is 13.1 Å². The summed E-state index contributed by atoms with van der Waals surface area (Å²) in [4.78, 5) is 0. The van der Waals surface area contributed by atoms with E-state index >= 15 is 0 Å². The van der Waals surface area contributed by atoms with Crippen LogP contribution in [0, 0.1) is 18.7 Å². The molecule has 2 nitrogen and oxygen atoms in total. The Morgan fingerprint density at radius 3 is 2.75 bits per heavy atom. The van der Waals surface area contributed by atoms with Crippen molar-refractivity contribution >= 4 is 0 Å². The summed E-state index contributed by atoms with van der Waals surface area (Å²) in [6.07, 6.45) is 3.00. The monoisotopic (exact) mass is 223 g/mol. The number of hydrogen-bond donors (Lipinski definition) is 2.